The zero-order valence-electron chi connectivity index (χ0n) is 7.50. The van der Waals surface area contributed by atoms with E-state index in [0.717, 1.165) is 10.7 Å². The van der Waals surface area contributed by atoms with Gasteiger partial charge in [-0.25, -0.2) is 8.42 Å². The van der Waals surface area contributed by atoms with Crippen LogP contribution in [0.15, 0.2) is 0 Å². The van der Waals surface area contributed by atoms with E-state index in [1.165, 1.54) is 0 Å². The van der Waals surface area contributed by atoms with Crippen LogP contribution in [0.2, 0.25) is 0 Å². The van der Waals surface area contributed by atoms with Gasteiger partial charge in [0, 0.05) is 19.0 Å². The molecule has 1 unspecified atom stereocenters. The van der Waals surface area contributed by atoms with Crippen molar-refractivity contribution in [2.45, 2.75) is 18.6 Å². The third kappa shape index (κ3) is 2.55. The summed E-state index contributed by atoms with van der Waals surface area (Å²) in [5.41, 5.74) is 0. The van der Waals surface area contributed by atoms with Gasteiger partial charge < -0.3 is 0 Å². The highest BCUT2D eigenvalue weighted by Crippen LogP contribution is 2.22. The van der Waals surface area contributed by atoms with Crippen LogP contribution in [0.4, 0.5) is 8.78 Å². The molecule has 14 heavy (non-hydrogen) atoms. The highest BCUT2D eigenvalue weighted by Gasteiger charge is 2.35. The maximum absolute atomic E-state index is 12.2. The zero-order chi connectivity index (χ0) is 10.8. The summed E-state index contributed by atoms with van der Waals surface area (Å²) in [5.74, 6) is -3.01. The molecule has 0 aromatic heterocycles. The standard InChI is InChI=1S/C7H12ClF2NO2S/c8-4-6-2-1-3-11(5-6)14(12,13)7(9)10/h6-7H,1-5H2. The van der Waals surface area contributed by atoms with Crippen LogP contribution in [-0.2, 0) is 10.0 Å². The van der Waals surface area contributed by atoms with Gasteiger partial charge in [0.1, 0.15) is 0 Å². The quantitative estimate of drug-likeness (QED) is 0.709. The Morgan fingerprint density at radius 3 is 2.64 bits per heavy atom. The Kier molecular flexibility index (Phi) is 4.09. The zero-order valence-corrected chi connectivity index (χ0v) is 9.07. The molecule has 0 aromatic carbocycles. The summed E-state index contributed by atoms with van der Waals surface area (Å²) >= 11 is 5.57. The monoisotopic (exact) mass is 247 g/mol. The Morgan fingerprint density at radius 2 is 2.14 bits per heavy atom. The van der Waals surface area contributed by atoms with Crippen LogP contribution in [0.3, 0.4) is 0 Å². The summed E-state index contributed by atoms with van der Waals surface area (Å²) in [6, 6.07) is 0. The van der Waals surface area contributed by atoms with Crippen LogP contribution in [0, 0.1) is 5.92 Å². The van der Waals surface area contributed by atoms with Crippen molar-refractivity contribution in [1.82, 2.24) is 4.31 Å². The highest BCUT2D eigenvalue weighted by molar-refractivity contribution is 7.89. The first-order valence-electron chi connectivity index (χ1n) is 4.31. The van der Waals surface area contributed by atoms with E-state index in [1.807, 2.05) is 0 Å². The lowest BCUT2D eigenvalue weighted by molar-refractivity contribution is 0.204. The Morgan fingerprint density at radius 1 is 1.50 bits per heavy atom. The van der Waals surface area contributed by atoms with E-state index in [0.29, 0.717) is 12.3 Å². The third-order valence-electron chi connectivity index (χ3n) is 2.28. The van der Waals surface area contributed by atoms with Crippen molar-refractivity contribution in [2.75, 3.05) is 19.0 Å². The fourth-order valence-corrected chi connectivity index (χ4v) is 2.78. The Balaban J connectivity index is 2.69. The smallest absolute Gasteiger partial charge is 0.206 e. The van der Waals surface area contributed by atoms with E-state index in [2.05, 4.69) is 0 Å². The van der Waals surface area contributed by atoms with Crippen molar-refractivity contribution >= 4 is 21.6 Å². The predicted molar refractivity (Wildman–Crippen MR) is 49.9 cm³/mol. The van der Waals surface area contributed by atoms with Crippen molar-refractivity contribution in [3.8, 4) is 0 Å². The fraction of sp³-hybridized carbons (Fsp3) is 1.00. The van der Waals surface area contributed by atoms with Crippen molar-refractivity contribution < 1.29 is 17.2 Å². The van der Waals surface area contributed by atoms with Gasteiger partial charge in [-0.3, -0.25) is 0 Å². The van der Waals surface area contributed by atoms with Gasteiger partial charge >= 0.3 is 5.76 Å². The molecule has 0 aromatic rings. The summed E-state index contributed by atoms with van der Waals surface area (Å²) in [7, 11) is -4.40. The SMILES string of the molecule is O=S(=O)(C(F)F)N1CCCC(CCl)C1. The molecule has 0 N–H and O–H groups in total. The van der Waals surface area contributed by atoms with Crippen molar-refractivity contribution in [2.24, 2.45) is 5.92 Å². The number of rotatable bonds is 3. The molecule has 7 heteroatoms. The molecule has 1 aliphatic heterocycles. The number of halogens is 3. The Labute approximate surface area is 87.1 Å². The molecule has 0 aliphatic carbocycles. The number of alkyl halides is 3. The van der Waals surface area contributed by atoms with Gasteiger partial charge in [0.05, 0.1) is 0 Å². The molecule has 1 fully saturated rings. The number of nitrogens with zero attached hydrogens (tertiary/aromatic N) is 1. The second-order valence-corrected chi connectivity index (χ2v) is 5.54. The van der Waals surface area contributed by atoms with Gasteiger partial charge in [-0.15, -0.1) is 11.6 Å². The van der Waals surface area contributed by atoms with E-state index in [-0.39, 0.29) is 19.0 Å². The molecule has 0 bridgehead atoms. The van der Waals surface area contributed by atoms with Crippen LogP contribution in [0.25, 0.3) is 0 Å². The summed E-state index contributed by atoms with van der Waals surface area (Å²) in [6.45, 7) is 0.302. The molecule has 0 spiro atoms. The Bertz CT molecular complexity index is 283. The fourth-order valence-electron chi connectivity index (χ4n) is 1.50. The number of hydrogen-bond donors (Lipinski definition) is 0. The van der Waals surface area contributed by atoms with Gasteiger partial charge in [-0.2, -0.15) is 13.1 Å². The number of sulfonamides is 1. The summed E-state index contributed by atoms with van der Waals surface area (Å²) in [5, 5.41) is 0. The molecule has 0 saturated carbocycles. The topological polar surface area (TPSA) is 37.4 Å². The van der Waals surface area contributed by atoms with E-state index < -0.39 is 15.8 Å². The first-order chi connectivity index (χ1) is 6.48. The van der Waals surface area contributed by atoms with E-state index >= 15 is 0 Å². The lowest BCUT2D eigenvalue weighted by Gasteiger charge is -2.30. The average Bonchev–Trinajstić information content (AvgIpc) is 2.17. The van der Waals surface area contributed by atoms with Crippen molar-refractivity contribution in [3.05, 3.63) is 0 Å². The number of hydrogen-bond acceptors (Lipinski definition) is 2. The summed E-state index contributed by atoms with van der Waals surface area (Å²) in [4.78, 5) is 0. The van der Waals surface area contributed by atoms with Gasteiger partial charge in [0.25, 0.3) is 10.0 Å². The third-order valence-corrected chi connectivity index (χ3v) is 4.22. The summed E-state index contributed by atoms with van der Waals surface area (Å²) in [6.07, 6.45) is 1.40. The molecular weight excluding hydrogens is 236 g/mol. The van der Waals surface area contributed by atoms with Crippen LogP contribution in [0.1, 0.15) is 12.8 Å². The molecule has 1 atom stereocenters. The first kappa shape index (κ1) is 12.1. The maximum Gasteiger partial charge on any atom is 0.350 e. The van der Waals surface area contributed by atoms with Gasteiger partial charge in [-0.05, 0) is 18.8 Å². The van der Waals surface area contributed by atoms with Gasteiger partial charge in [-0.1, -0.05) is 0 Å². The van der Waals surface area contributed by atoms with Crippen molar-refractivity contribution in [1.29, 1.82) is 0 Å². The van der Waals surface area contributed by atoms with E-state index in [1.54, 1.807) is 0 Å². The number of piperidine rings is 1. The van der Waals surface area contributed by atoms with Crippen molar-refractivity contribution in [3.63, 3.8) is 0 Å². The molecular formula is C7H12ClF2NO2S. The summed E-state index contributed by atoms with van der Waals surface area (Å²) < 4.78 is 47.3. The van der Waals surface area contributed by atoms with Gasteiger partial charge in [0.2, 0.25) is 0 Å². The second-order valence-electron chi connectivity index (χ2n) is 3.33. The van der Waals surface area contributed by atoms with Gasteiger partial charge in [0.15, 0.2) is 0 Å². The normalized spacial score (nSPS) is 25.6. The van der Waals surface area contributed by atoms with E-state index in [4.69, 9.17) is 11.6 Å². The molecule has 1 saturated heterocycles. The molecule has 1 rings (SSSR count). The van der Waals surface area contributed by atoms with Crippen LogP contribution in [0.5, 0.6) is 0 Å². The molecule has 1 heterocycles. The van der Waals surface area contributed by atoms with Crippen LogP contribution >= 0.6 is 11.6 Å². The maximum atomic E-state index is 12.2. The molecule has 84 valence electrons. The largest absolute Gasteiger partial charge is 0.350 e. The minimum atomic E-state index is -4.40. The molecule has 1 aliphatic rings. The Hall–Kier alpha value is 0.0600. The first-order valence-corrected chi connectivity index (χ1v) is 6.35. The molecule has 0 amide bonds. The van der Waals surface area contributed by atoms with Crippen LogP contribution < -0.4 is 0 Å². The second kappa shape index (κ2) is 4.72. The minimum Gasteiger partial charge on any atom is -0.206 e. The lowest BCUT2D eigenvalue weighted by Crippen LogP contribution is -2.42. The lowest BCUT2D eigenvalue weighted by atomic mass is 10.0. The van der Waals surface area contributed by atoms with E-state index in [9.17, 15) is 17.2 Å². The molecule has 3 nitrogen and oxygen atoms in total. The predicted octanol–water partition coefficient (Wildman–Crippen LogP) is 1.49. The molecule has 0 radical (unpaired) electrons. The minimum absolute atomic E-state index is 0.000980. The average molecular weight is 248 g/mol. The van der Waals surface area contributed by atoms with Crippen LogP contribution in [-0.4, -0.2) is 37.5 Å². The highest BCUT2D eigenvalue weighted by atomic mass is 35.5.